The molecule has 14 heteroatoms. The van der Waals surface area contributed by atoms with E-state index in [4.69, 9.17) is 4.74 Å². The molecule has 9 nitrogen and oxygen atoms in total. The molecule has 3 aliphatic heterocycles. The van der Waals surface area contributed by atoms with E-state index in [0.717, 1.165) is 54.7 Å². The molecule has 0 amide bonds. The Labute approximate surface area is 246 Å². The molecule has 2 N–H and O–H groups in total. The number of halogens is 3. The molecule has 2 aromatic heterocycles. The van der Waals surface area contributed by atoms with Crippen LogP contribution in [-0.2, 0) is 33.8 Å². The molecule has 0 unspecified atom stereocenters. The number of piperazine rings is 1. The minimum atomic E-state index is -4.73. The second-order valence-electron chi connectivity index (χ2n) is 10.8. The maximum absolute atomic E-state index is 14.0. The second-order valence-corrected chi connectivity index (χ2v) is 14.0. The maximum atomic E-state index is 14.0. The van der Waals surface area contributed by atoms with Gasteiger partial charge in [-0.15, -0.1) is 11.3 Å². The van der Waals surface area contributed by atoms with E-state index in [1.807, 2.05) is 19.1 Å². The van der Waals surface area contributed by atoms with Crippen LogP contribution in [0.25, 0.3) is 10.6 Å². The Balaban J connectivity index is 1.29. The first-order valence-corrected chi connectivity index (χ1v) is 16.4. The molecule has 1 aromatic carbocycles. The highest BCUT2D eigenvalue weighted by Crippen LogP contribution is 2.42. The highest BCUT2D eigenvalue weighted by molar-refractivity contribution is 7.91. The zero-order chi connectivity index (χ0) is 29.6. The van der Waals surface area contributed by atoms with E-state index >= 15 is 0 Å². The van der Waals surface area contributed by atoms with Gasteiger partial charge in [-0.25, -0.2) is 18.4 Å². The molecule has 226 valence electrons. The van der Waals surface area contributed by atoms with Crippen molar-refractivity contribution in [3.05, 3.63) is 46.5 Å². The number of alkyl halides is 3. The lowest BCUT2D eigenvalue weighted by atomic mass is 10.1. The molecule has 2 bridgehead atoms. The standard InChI is InChI=1S/C28H32F3N5O4S2/c1-2-17-11-18(35-14-19-3-4-20(15-35)36(19)7-8-37)5-6-22(17)33-27-32-13-21(28(29,30)31)26(34-27)23-12-25-24(41-23)16-40-9-10-42(25,38)39/h5-6,11-13,19-20,37H,2-4,7-10,14-16H2,1H3,(H,32,33,34)/t19-,20+. The van der Waals surface area contributed by atoms with Gasteiger partial charge in [0.05, 0.1) is 41.0 Å². The molecule has 5 heterocycles. The lowest BCUT2D eigenvalue weighted by molar-refractivity contribution is -0.137. The van der Waals surface area contributed by atoms with Gasteiger partial charge in [0.15, 0.2) is 9.84 Å². The van der Waals surface area contributed by atoms with E-state index in [0.29, 0.717) is 35.6 Å². The highest BCUT2D eigenvalue weighted by atomic mass is 32.2. The van der Waals surface area contributed by atoms with Crippen molar-refractivity contribution in [3.63, 3.8) is 0 Å². The number of aryl methyl sites for hydroxylation is 1. The van der Waals surface area contributed by atoms with Gasteiger partial charge in [0.2, 0.25) is 5.95 Å². The number of hydrogen-bond acceptors (Lipinski definition) is 10. The zero-order valence-electron chi connectivity index (χ0n) is 23.0. The number of hydrogen-bond donors (Lipinski definition) is 2. The van der Waals surface area contributed by atoms with Gasteiger partial charge in [0.25, 0.3) is 0 Å². The Morgan fingerprint density at radius 1 is 1.19 bits per heavy atom. The van der Waals surface area contributed by atoms with E-state index in [2.05, 4.69) is 31.2 Å². The fourth-order valence-corrected chi connectivity index (χ4v) is 9.00. The van der Waals surface area contributed by atoms with Crippen LogP contribution in [0.5, 0.6) is 0 Å². The highest BCUT2D eigenvalue weighted by Gasteiger charge is 2.40. The van der Waals surface area contributed by atoms with Gasteiger partial charge in [-0.1, -0.05) is 6.92 Å². The summed E-state index contributed by atoms with van der Waals surface area (Å²) in [5.74, 6) is -0.243. The second kappa shape index (κ2) is 11.4. The van der Waals surface area contributed by atoms with Crippen molar-refractivity contribution in [2.45, 2.75) is 55.9 Å². The van der Waals surface area contributed by atoms with Crippen molar-refractivity contribution >= 4 is 38.5 Å². The summed E-state index contributed by atoms with van der Waals surface area (Å²) in [4.78, 5) is 13.4. The number of benzene rings is 1. The molecule has 0 radical (unpaired) electrons. The fraction of sp³-hybridized carbons (Fsp3) is 0.500. The van der Waals surface area contributed by atoms with E-state index in [-0.39, 0.29) is 47.0 Å². The number of thiophene rings is 1. The van der Waals surface area contributed by atoms with Crippen LogP contribution < -0.4 is 10.2 Å². The molecular weight excluding hydrogens is 591 g/mol. The first-order valence-electron chi connectivity index (χ1n) is 14.0. The van der Waals surface area contributed by atoms with Crippen LogP contribution in [0.2, 0.25) is 0 Å². The molecule has 6 rings (SSSR count). The lowest BCUT2D eigenvalue weighted by Crippen LogP contribution is -2.54. The van der Waals surface area contributed by atoms with Gasteiger partial charge in [0.1, 0.15) is 5.56 Å². The number of fused-ring (bicyclic) bond motifs is 3. The predicted octanol–water partition coefficient (Wildman–Crippen LogP) is 4.48. The third-order valence-electron chi connectivity index (χ3n) is 8.24. The van der Waals surface area contributed by atoms with Crippen molar-refractivity contribution < 1.29 is 31.4 Å². The van der Waals surface area contributed by atoms with Crippen LogP contribution in [0, 0.1) is 0 Å². The number of sulfone groups is 1. The Kier molecular flexibility index (Phi) is 7.94. The van der Waals surface area contributed by atoms with Crippen molar-refractivity contribution in [1.82, 2.24) is 14.9 Å². The summed E-state index contributed by atoms with van der Waals surface area (Å²) in [7, 11) is -3.68. The van der Waals surface area contributed by atoms with Crippen LogP contribution in [0.3, 0.4) is 0 Å². The molecule has 0 saturated carbocycles. The summed E-state index contributed by atoms with van der Waals surface area (Å²) in [6.07, 6.45) is -1.09. The number of nitrogens with zero attached hydrogens (tertiary/aromatic N) is 4. The first kappa shape index (κ1) is 29.3. The average Bonchev–Trinajstić information content (AvgIpc) is 3.44. The summed E-state index contributed by atoms with van der Waals surface area (Å²) >= 11 is 0.938. The zero-order valence-corrected chi connectivity index (χ0v) is 24.7. The van der Waals surface area contributed by atoms with Gasteiger partial charge < -0.3 is 20.1 Å². The Morgan fingerprint density at radius 3 is 2.64 bits per heavy atom. The summed E-state index contributed by atoms with van der Waals surface area (Å²) in [5.41, 5.74) is 1.32. The molecule has 2 saturated heterocycles. The normalized spacial score (nSPS) is 22.2. The number of nitrogens with one attached hydrogen (secondary N) is 1. The number of aliphatic hydroxyl groups is 1. The summed E-state index contributed by atoms with van der Waals surface area (Å²) in [5, 5.41) is 12.5. The quantitative estimate of drug-likeness (QED) is 0.394. The molecule has 3 aromatic rings. The van der Waals surface area contributed by atoms with Gasteiger partial charge in [0, 0.05) is 54.2 Å². The predicted molar refractivity (Wildman–Crippen MR) is 154 cm³/mol. The van der Waals surface area contributed by atoms with E-state index in [9.17, 15) is 26.7 Å². The molecule has 2 fully saturated rings. The molecule has 0 aliphatic carbocycles. The number of anilines is 3. The molecular formula is C28H32F3N5O4S2. The van der Waals surface area contributed by atoms with Crippen molar-refractivity contribution in [2.24, 2.45) is 0 Å². The molecule has 42 heavy (non-hydrogen) atoms. The molecule has 0 spiro atoms. The topological polar surface area (TPSA) is 108 Å². The first-order chi connectivity index (χ1) is 20.1. The van der Waals surface area contributed by atoms with Gasteiger partial charge in [-0.2, -0.15) is 13.2 Å². The number of aliphatic hydroxyl groups excluding tert-OH is 1. The van der Waals surface area contributed by atoms with Gasteiger partial charge >= 0.3 is 6.18 Å². The maximum Gasteiger partial charge on any atom is 0.420 e. The Hall–Kier alpha value is -2.78. The van der Waals surface area contributed by atoms with E-state index in [1.54, 1.807) is 0 Å². The minimum absolute atomic E-state index is 0.00395. The minimum Gasteiger partial charge on any atom is -0.395 e. The van der Waals surface area contributed by atoms with Gasteiger partial charge in [-0.05, 0) is 49.1 Å². The third kappa shape index (κ3) is 5.62. The molecule has 3 aliphatic rings. The van der Waals surface area contributed by atoms with E-state index < -0.39 is 21.6 Å². The Bertz CT molecular complexity index is 1570. The van der Waals surface area contributed by atoms with Gasteiger partial charge in [-0.3, -0.25) is 4.90 Å². The summed E-state index contributed by atoms with van der Waals surface area (Å²) in [6.45, 7) is 4.66. The van der Waals surface area contributed by atoms with Crippen LogP contribution in [0.1, 0.15) is 35.8 Å². The smallest absolute Gasteiger partial charge is 0.395 e. The van der Waals surface area contributed by atoms with Crippen molar-refractivity contribution in [1.29, 1.82) is 0 Å². The lowest BCUT2D eigenvalue weighted by Gasteiger charge is -2.42. The monoisotopic (exact) mass is 623 g/mol. The van der Waals surface area contributed by atoms with Crippen LogP contribution in [0.15, 0.2) is 35.4 Å². The van der Waals surface area contributed by atoms with Crippen LogP contribution in [0.4, 0.5) is 30.5 Å². The number of aromatic nitrogens is 2. The summed E-state index contributed by atoms with van der Waals surface area (Å²) in [6, 6.07) is 8.07. The number of ether oxygens (including phenoxy) is 1. The number of rotatable bonds is 7. The SMILES string of the molecule is CCc1cc(N2C[C@H]3CC[C@@H](C2)N3CCO)ccc1Nc1ncc(C(F)(F)F)c(-c2cc3c(s2)COCCS3(=O)=O)n1. The average molecular weight is 624 g/mol. The third-order valence-corrected chi connectivity index (χ3v) is 11.2. The molecule has 2 atom stereocenters. The van der Waals surface area contributed by atoms with Crippen LogP contribution in [-0.4, -0.2) is 79.1 Å². The van der Waals surface area contributed by atoms with E-state index in [1.165, 1.54) is 6.07 Å². The van der Waals surface area contributed by atoms with Crippen LogP contribution >= 0.6 is 11.3 Å². The fourth-order valence-electron chi connectivity index (χ4n) is 6.17. The van der Waals surface area contributed by atoms with Crippen molar-refractivity contribution in [2.75, 3.05) is 48.8 Å². The Morgan fingerprint density at radius 2 is 1.95 bits per heavy atom. The largest absolute Gasteiger partial charge is 0.420 e. The summed E-state index contributed by atoms with van der Waals surface area (Å²) < 4.78 is 72.7. The van der Waals surface area contributed by atoms with Crippen molar-refractivity contribution in [3.8, 4) is 10.6 Å².